The predicted molar refractivity (Wildman–Crippen MR) is 79.4 cm³/mol. The fourth-order valence-corrected chi connectivity index (χ4v) is 2.40. The van der Waals surface area contributed by atoms with E-state index >= 15 is 0 Å². The van der Waals surface area contributed by atoms with Crippen LogP contribution >= 0.6 is 11.6 Å². The molecule has 0 radical (unpaired) electrons. The number of nitrogens with one attached hydrogen (secondary N) is 1. The van der Waals surface area contributed by atoms with Gasteiger partial charge >= 0.3 is 0 Å². The quantitative estimate of drug-likeness (QED) is 0.806. The van der Waals surface area contributed by atoms with Crippen molar-refractivity contribution >= 4 is 17.3 Å². The summed E-state index contributed by atoms with van der Waals surface area (Å²) >= 11 is 6.08. The molecule has 0 saturated heterocycles. The highest BCUT2D eigenvalue weighted by atomic mass is 35.5. The summed E-state index contributed by atoms with van der Waals surface area (Å²) in [6.07, 6.45) is 0. The topological polar surface area (TPSA) is 12.0 Å². The minimum absolute atomic E-state index is 0.0219. The summed E-state index contributed by atoms with van der Waals surface area (Å²) < 4.78 is 13.0. The Morgan fingerprint density at radius 3 is 2.58 bits per heavy atom. The van der Waals surface area contributed by atoms with Crippen LogP contribution in [0.3, 0.4) is 0 Å². The van der Waals surface area contributed by atoms with Gasteiger partial charge in [0.05, 0.1) is 6.04 Å². The molecule has 100 valence electrons. The molecule has 2 aromatic carbocycles. The van der Waals surface area contributed by atoms with Crippen LogP contribution in [0, 0.1) is 19.7 Å². The van der Waals surface area contributed by atoms with Crippen LogP contribution in [0.1, 0.15) is 29.7 Å². The van der Waals surface area contributed by atoms with Crippen LogP contribution in [0.4, 0.5) is 10.1 Å². The Kier molecular flexibility index (Phi) is 4.11. The first kappa shape index (κ1) is 13.9. The molecule has 1 N–H and O–H groups in total. The Morgan fingerprint density at radius 2 is 1.89 bits per heavy atom. The molecule has 1 atom stereocenters. The van der Waals surface area contributed by atoms with Crippen LogP contribution in [0.5, 0.6) is 0 Å². The maximum atomic E-state index is 13.0. The van der Waals surface area contributed by atoms with Gasteiger partial charge < -0.3 is 5.32 Å². The minimum Gasteiger partial charge on any atom is -0.378 e. The van der Waals surface area contributed by atoms with Gasteiger partial charge in [-0.15, -0.1) is 0 Å². The van der Waals surface area contributed by atoms with E-state index in [1.165, 1.54) is 23.3 Å². The maximum Gasteiger partial charge on any atom is 0.124 e. The highest BCUT2D eigenvalue weighted by molar-refractivity contribution is 6.31. The van der Waals surface area contributed by atoms with Crippen molar-refractivity contribution < 1.29 is 4.39 Å². The van der Waals surface area contributed by atoms with Gasteiger partial charge in [-0.05, 0) is 55.7 Å². The first-order valence-corrected chi connectivity index (χ1v) is 6.64. The molecule has 3 heteroatoms. The molecular formula is C16H17ClFN. The molecule has 1 unspecified atom stereocenters. The van der Waals surface area contributed by atoms with Gasteiger partial charge in [0.1, 0.15) is 5.82 Å². The van der Waals surface area contributed by atoms with Crippen LogP contribution in [-0.2, 0) is 0 Å². The Labute approximate surface area is 118 Å². The van der Waals surface area contributed by atoms with Crippen molar-refractivity contribution in [3.63, 3.8) is 0 Å². The van der Waals surface area contributed by atoms with Gasteiger partial charge in [0, 0.05) is 10.7 Å². The van der Waals surface area contributed by atoms with Gasteiger partial charge in [-0.3, -0.25) is 0 Å². The molecule has 0 amide bonds. The fraction of sp³-hybridized carbons (Fsp3) is 0.250. The Balaban J connectivity index is 2.25. The molecule has 0 heterocycles. The minimum atomic E-state index is -0.312. The van der Waals surface area contributed by atoms with E-state index < -0.39 is 0 Å². The largest absolute Gasteiger partial charge is 0.378 e. The van der Waals surface area contributed by atoms with Gasteiger partial charge in [0.15, 0.2) is 0 Å². The molecular weight excluding hydrogens is 261 g/mol. The third-order valence-corrected chi connectivity index (χ3v) is 3.73. The first-order chi connectivity index (χ1) is 8.99. The van der Waals surface area contributed by atoms with Crippen molar-refractivity contribution in [2.24, 2.45) is 0 Å². The second-order valence-corrected chi connectivity index (χ2v) is 5.19. The second-order valence-electron chi connectivity index (χ2n) is 4.78. The lowest BCUT2D eigenvalue weighted by atomic mass is 10.0. The number of anilines is 1. The average molecular weight is 278 g/mol. The molecule has 0 aromatic heterocycles. The predicted octanol–water partition coefficient (Wildman–Crippen LogP) is 5.27. The molecule has 2 aromatic rings. The molecule has 0 aliphatic carbocycles. The summed E-state index contributed by atoms with van der Waals surface area (Å²) in [6.45, 7) is 6.17. The van der Waals surface area contributed by atoms with Crippen LogP contribution in [0.25, 0.3) is 0 Å². The first-order valence-electron chi connectivity index (χ1n) is 6.26. The second kappa shape index (κ2) is 5.62. The van der Waals surface area contributed by atoms with E-state index in [-0.39, 0.29) is 11.9 Å². The third-order valence-electron chi connectivity index (χ3n) is 3.41. The lowest BCUT2D eigenvalue weighted by molar-refractivity contribution is 0.626. The van der Waals surface area contributed by atoms with Crippen LogP contribution in [0.2, 0.25) is 5.02 Å². The smallest absolute Gasteiger partial charge is 0.124 e. The molecule has 0 bridgehead atoms. The number of aryl methyl sites for hydroxylation is 1. The Morgan fingerprint density at radius 1 is 1.16 bits per heavy atom. The Bertz CT molecular complexity index is 595. The number of hydrogen-bond donors (Lipinski definition) is 1. The molecule has 1 nitrogen and oxygen atoms in total. The van der Waals surface area contributed by atoms with E-state index in [0.29, 0.717) is 5.02 Å². The maximum absolute atomic E-state index is 13.0. The van der Waals surface area contributed by atoms with Crippen molar-refractivity contribution in [2.45, 2.75) is 26.8 Å². The summed E-state index contributed by atoms with van der Waals surface area (Å²) in [6, 6.07) is 10.7. The van der Waals surface area contributed by atoms with Crippen LogP contribution in [-0.4, -0.2) is 0 Å². The zero-order valence-corrected chi connectivity index (χ0v) is 12.1. The lowest BCUT2D eigenvalue weighted by Gasteiger charge is -2.19. The van der Waals surface area contributed by atoms with E-state index in [9.17, 15) is 4.39 Å². The van der Waals surface area contributed by atoms with Gasteiger partial charge in [0.2, 0.25) is 0 Å². The highest BCUT2D eigenvalue weighted by Gasteiger charge is 2.11. The molecule has 0 fully saturated rings. The third kappa shape index (κ3) is 3.07. The molecule has 2 rings (SSSR count). The van der Waals surface area contributed by atoms with Crippen molar-refractivity contribution in [1.82, 2.24) is 0 Å². The van der Waals surface area contributed by atoms with Crippen molar-refractivity contribution in [1.29, 1.82) is 0 Å². The van der Waals surface area contributed by atoms with Gasteiger partial charge in [-0.1, -0.05) is 29.8 Å². The van der Waals surface area contributed by atoms with Crippen molar-refractivity contribution in [3.8, 4) is 0 Å². The van der Waals surface area contributed by atoms with E-state index in [1.807, 2.05) is 19.1 Å². The Hall–Kier alpha value is -1.54. The summed E-state index contributed by atoms with van der Waals surface area (Å²) in [5, 5.41) is 3.87. The fourth-order valence-electron chi connectivity index (χ4n) is 2.07. The molecule has 19 heavy (non-hydrogen) atoms. The van der Waals surface area contributed by atoms with Crippen LogP contribution < -0.4 is 5.32 Å². The van der Waals surface area contributed by atoms with E-state index in [2.05, 4.69) is 25.2 Å². The molecule has 0 aliphatic heterocycles. The number of hydrogen-bond acceptors (Lipinski definition) is 1. The zero-order chi connectivity index (χ0) is 14.0. The summed E-state index contributed by atoms with van der Waals surface area (Å²) in [5.74, 6) is -0.312. The van der Waals surface area contributed by atoms with Gasteiger partial charge in [-0.25, -0.2) is 4.39 Å². The lowest BCUT2D eigenvalue weighted by Crippen LogP contribution is -2.08. The monoisotopic (exact) mass is 277 g/mol. The standard InChI is InChI=1S/C16H17ClFN/c1-10-5-4-6-16(11(10)2)19-12(3)14-8-7-13(18)9-15(14)17/h4-9,12,19H,1-3H3. The summed E-state index contributed by atoms with van der Waals surface area (Å²) in [7, 11) is 0. The SMILES string of the molecule is Cc1cccc(NC(C)c2ccc(F)cc2Cl)c1C. The van der Waals surface area contributed by atoms with E-state index in [1.54, 1.807) is 6.07 Å². The van der Waals surface area contributed by atoms with Crippen LogP contribution in [0.15, 0.2) is 36.4 Å². The highest BCUT2D eigenvalue weighted by Crippen LogP contribution is 2.28. The van der Waals surface area contributed by atoms with Crippen molar-refractivity contribution in [2.75, 3.05) is 5.32 Å². The van der Waals surface area contributed by atoms with E-state index in [0.717, 1.165) is 11.3 Å². The number of rotatable bonds is 3. The number of benzene rings is 2. The van der Waals surface area contributed by atoms with Gasteiger partial charge in [0.25, 0.3) is 0 Å². The average Bonchev–Trinajstić information content (AvgIpc) is 2.34. The normalized spacial score (nSPS) is 12.3. The summed E-state index contributed by atoms with van der Waals surface area (Å²) in [5.41, 5.74) is 4.42. The van der Waals surface area contributed by atoms with E-state index in [4.69, 9.17) is 11.6 Å². The summed E-state index contributed by atoms with van der Waals surface area (Å²) in [4.78, 5) is 0. The molecule has 0 aliphatic rings. The zero-order valence-electron chi connectivity index (χ0n) is 11.3. The van der Waals surface area contributed by atoms with Crippen molar-refractivity contribution in [3.05, 3.63) is 63.9 Å². The number of halogens is 2. The molecule has 0 saturated carbocycles. The molecule has 0 spiro atoms. The van der Waals surface area contributed by atoms with Gasteiger partial charge in [-0.2, -0.15) is 0 Å².